The molecule has 1 aromatic carbocycles. The first-order chi connectivity index (χ1) is 9.19. The zero-order chi connectivity index (χ0) is 14.3. The van der Waals surface area contributed by atoms with E-state index in [9.17, 15) is 4.79 Å². The van der Waals surface area contributed by atoms with Crippen molar-refractivity contribution in [3.05, 3.63) is 23.8 Å². The molecule has 5 heteroatoms. The summed E-state index contributed by atoms with van der Waals surface area (Å²) >= 11 is 0. The maximum atomic E-state index is 12.6. The summed E-state index contributed by atoms with van der Waals surface area (Å²) in [6.07, 6.45) is 0.775. The highest BCUT2D eigenvalue weighted by atomic mass is 16.5. The zero-order valence-electron chi connectivity index (χ0n) is 11.8. The third-order valence-corrected chi connectivity index (χ3v) is 2.94. The van der Waals surface area contributed by atoms with E-state index >= 15 is 0 Å². The molecule has 0 bridgehead atoms. The van der Waals surface area contributed by atoms with Crippen LogP contribution in [0.5, 0.6) is 11.5 Å². The number of carbonyl (C=O) groups is 1. The molecular formula is C14H22N2O3. The van der Waals surface area contributed by atoms with Gasteiger partial charge in [-0.1, -0.05) is 6.07 Å². The average molecular weight is 266 g/mol. The molecule has 0 unspecified atom stereocenters. The molecule has 1 rings (SSSR count). The van der Waals surface area contributed by atoms with Crippen LogP contribution in [0.3, 0.4) is 0 Å². The lowest BCUT2D eigenvalue weighted by Gasteiger charge is -2.22. The summed E-state index contributed by atoms with van der Waals surface area (Å²) in [5.41, 5.74) is 5.96. The normalized spacial score (nSPS) is 10.1. The summed E-state index contributed by atoms with van der Waals surface area (Å²) < 4.78 is 10.5. The topological polar surface area (TPSA) is 64.8 Å². The second kappa shape index (κ2) is 7.63. The highest BCUT2D eigenvalue weighted by molar-refractivity contribution is 5.99. The minimum absolute atomic E-state index is 0.0924. The van der Waals surface area contributed by atoms with E-state index in [1.54, 1.807) is 37.3 Å². The van der Waals surface area contributed by atoms with Crippen molar-refractivity contribution in [2.75, 3.05) is 33.9 Å². The van der Waals surface area contributed by atoms with Crippen molar-refractivity contribution in [1.82, 2.24) is 4.90 Å². The Kier molecular flexibility index (Phi) is 6.15. The molecule has 0 spiro atoms. The summed E-state index contributed by atoms with van der Waals surface area (Å²) in [6, 6.07) is 5.31. The van der Waals surface area contributed by atoms with Gasteiger partial charge in [0.15, 0.2) is 0 Å². The largest absolute Gasteiger partial charge is 0.496 e. The molecular weight excluding hydrogens is 244 g/mol. The molecule has 0 aliphatic carbocycles. The second-order valence-corrected chi connectivity index (χ2v) is 4.06. The van der Waals surface area contributed by atoms with Gasteiger partial charge in [-0.25, -0.2) is 0 Å². The molecule has 19 heavy (non-hydrogen) atoms. The van der Waals surface area contributed by atoms with Crippen LogP contribution in [0.15, 0.2) is 18.2 Å². The molecule has 1 amide bonds. The van der Waals surface area contributed by atoms with Gasteiger partial charge < -0.3 is 20.1 Å². The minimum atomic E-state index is -0.0924. The molecule has 106 valence electrons. The van der Waals surface area contributed by atoms with E-state index in [1.165, 1.54) is 0 Å². The first kappa shape index (κ1) is 15.3. The monoisotopic (exact) mass is 266 g/mol. The molecule has 0 saturated heterocycles. The first-order valence-electron chi connectivity index (χ1n) is 6.39. The van der Waals surface area contributed by atoms with Gasteiger partial charge in [0.2, 0.25) is 0 Å². The summed E-state index contributed by atoms with van der Waals surface area (Å²) in [7, 11) is 3.09. The van der Waals surface area contributed by atoms with Crippen molar-refractivity contribution < 1.29 is 14.3 Å². The molecule has 0 aliphatic heterocycles. The van der Waals surface area contributed by atoms with E-state index in [0.29, 0.717) is 36.7 Å². The van der Waals surface area contributed by atoms with Crippen LogP contribution in [0.1, 0.15) is 23.7 Å². The fourth-order valence-corrected chi connectivity index (χ4v) is 1.91. The van der Waals surface area contributed by atoms with Gasteiger partial charge in [0, 0.05) is 13.1 Å². The molecule has 0 radical (unpaired) electrons. The van der Waals surface area contributed by atoms with E-state index < -0.39 is 0 Å². The van der Waals surface area contributed by atoms with Crippen LogP contribution in [0.4, 0.5) is 0 Å². The third-order valence-electron chi connectivity index (χ3n) is 2.94. The SMILES string of the molecule is CCN(CCCN)C(=O)c1c(OC)cccc1OC. The fourth-order valence-electron chi connectivity index (χ4n) is 1.91. The molecule has 0 fully saturated rings. The van der Waals surface area contributed by atoms with Gasteiger partial charge in [0.25, 0.3) is 5.91 Å². The van der Waals surface area contributed by atoms with Crippen molar-refractivity contribution in [1.29, 1.82) is 0 Å². The van der Waals surface area contributed by atoms with Crippen LogP contribution in [-0.4, -0.2) is 44.7 Å². The van der Waals surface area contributed by atoms with Crippen LogP contribution in [0, 0.1) is 0 Å². The number of carbonyl (C=O) groups excluding carboxylic acids is 1. The van der Waals surface area contributed by atoms with Gasteiger partial charge in [-0.05, 0) is 32.0 Å². The summed E-state index contributed by atoms with van der Waals surface area (Å²) in [4.78, 5) is 14.3. The molecule has 0 atom stereocenters. The van der Waals surface area contributed by atoms with Gasteiger partial charge >= 0.3 is 0 Å². The van der Waals surface area contributed by atoms with Crippen molar-refractivity contribution in [3.63, 3.8) is 0 Å². The van der Waals surface area contributed by atoms with Crippen LogP contribution < -0.4 is 15.2 Å². The zero-order valence-corrected chi connectivity index (χ0v) is 11.8. The number of hydrogen-bond donors (Lipinski definition) is 1. The predicted molar refractivity (Wildman–Crippen MR) is 74.8 cm³/mol. The number of ether oxygens (including phenoxy) is 2. The van der Waals surface area contributed by atoms with Gasteiger partial charge in [-0.15, -0.1) is 0 Å². The van der Waals surface area contributed by atoms with Gasteiger partial charge in [-0.3, -0.25) is 4.79 Å². The van der Waals surface area contributed by atoms with E-state index in [-0.39, 0.29) is 5.91 Å². The van der Waals surface area contributed by atoms with Crippen LogP contribution in [0.25, 0.3) is 0 Å². The van der Waals surface area contributed by atoms with Crippen LogP contribution in [-0.2, 0) is 0 Å². The Balaban J connectivity index is 3.08. The Labute approximate surface area is 114 Å². The lowest BCUT2D eigenvalue weighted by atomic mass is 10.1. The fraction of sp³-hybridized carbons (Fsp3) is 0.500. The number of amides is 1. The molecule has 0 aromatic heterocycles. The third kappa shape index (κ3) is 3.61. The van der Waals surface area contributed by atoms with Gasteiger partial charge in [0.1, 0.15) is 17.1 Å². The van der Waals surface area contributed by atoms with Gasteiger partial charge in [-0.2, -0.15) is 0 Å². The number of nitrogens with two attached hydrogens (primary N) is 1. The Morgan fingerprint density at radius 2 is 1.84 bits per heavy atom. The highest BCUT2D eigenvalue weighted by Crippen LogP contribution is 2.29. The first-order valence-corrected chi connectivity index (χ1v) is 6.39. The van der Waals surface area contributed by atoms with E-state index in [0.717, 1.165) is 6.42 Å². The second-order valence-electron chi connectivity index (χ2n) is 4.06. The van der Waals surface area contributed by atoms with Crippen LogP contribution >= 0.6 is 0 Å². The molecule has 0 heterocycles. The van der Waals surface area contributed by atoms with Crippen molar-refractivity contribution in [2.45, 2.75) is 13.3 Å². The Bertz CT molecular complexity index is 399. The van der Waals surface area contributed by atoms with Crippen molar-refractivity contribution in [3.8, 4) is 11.5 Å². The quantitative estimate of drug-likeness (QED) is 0.812. The smallest absolute Gasteiger partial charge is 0.261 e. The molecule has 5 nitrogen and oxygen atoms in total. The minimum Gasteiger partial charge on any atom is -0.496 e. The standard InChI is InChI=1S/C14H22N2O3/c1-4-16(10-6-9-15)14(17)13-11(18-2)7-5-8-12(13)19-3/h5,7-8H,4,6,9-10,15H2,1-3H3. The number of hydrogen-bond acceptors (Lipinski definition) is 4. The Morgan fingerprint density at radius 3 is 2.26 bits per heavy atom. The summed E-state index contributed by atoms with van der Waals surface area (Å²) in [5, 5.41) is 0. The highest BCUT2D eigenvalue weighted by Gasteiger charge is 2.22. The summed E-state index contributed by atoms with van der Waals surface area (Å²) in [6.45, 7) is 3.76. The van der Waals surface area contributed by atoms with E-state index in [2.05, 4.69) is 0 Å². The number of rotatable bonds is 7. The Morgan fingerprint density at radius 1 is 1.26 bits per heavy atom. The van der Waals surface area contributed by atoms with Crippen molar-refractivity contribution in [2.24, 2.45) is 5.73 Å². The van der Waals surface area contributed by atoms with E-state index in [1.807, 2.05) is 6.92 Å². The Hall–Kier alpha value is -1.75. The molecule has 0 saturated carbocycles. The van der Waals surface area contributed by atoms with Crippen molar-refractivity contribution >= 4 is 5.91 Å². The lowest BCUT2D eigenvalue weighted by Crippen LogP contribution is -2.33. The number of benzene rings is 1. The molecule has 1 aromatic rings. The average Bonchev–Trinajstić information content (AvgIpc) is 2.46. The lowest BCUT2D eigenvalue weighted by molar-refractivity contribution is 0.0756. The maximum absolute atomic E-state index is 12.6. The summed E-state index contributed by atoms with van der Waals surface area (Å²) in [5.74, 6) is 0.955. The number of nitrogens with zero attached hydrogens (tertiary/aromatic N) is 1. The number of methoxy groups -OCH3 is 2. The molecule has 0 aliphatic rings. The predicted octanol–water partition coefficient (Wildman–Crippen LogP) is 1.51. The maximum Gasteiger partial charge on any atom is 0.261 e. The van der Waals surface area contributed by atoms with Crippen LogP contribution in [0.2, 0.25) is 0 Å². The van der Waals surface area contributed by atoms with Gasteiger partial charge in [0.05, 0.1) is 14.2 Å². The molecule has 2 N–H and O–H groups in total. The van der Waals surface area contributed by atoms with E-state index in [4.69, 9.17) is 15.2 Å².